The van der Waals surface area contributed by atoms with Crippen LogP contribution in [-0.2, 0) is 14.4 Å². The lowest BCUT2D eigenvalue weighted by atomic mass is 10.2. The Morgan fingerprint density at radius 2 is 2.09 bits per heavy atom. The SMILES string of the molecule is CC(=O)CCCC(=O)ONS. The van der Waals surface area contributed by atoms with Crippen molar-refractivity contribution in [1.29, 1.82) is 0 Å². The number of hydrogen-bond acceptors (Lipinski definition) is 5. The minimum Gasteiger partial charge on any atom is -0.360 e. The Balaban J connectivity index is 3.24. The first-order valence-corrected chi connectivity index (χ1v) is 3.69. The zero-order valence-corrected chi connectivity index (χ0v) is 7.19. The average Bonchev–Trinajstić information content (AvgIpc) is 1.87. The Bertz CT molecular complexity index is 149. The van der Waals surface area contributed by atoms with Crippen LogP contribution in [0.15, 0.2) is 0 Å². The van der Waals surface area contributed by atoms with Gasteiger partial charge in [-0.3, -0.25) is 4.79 Å². The van der Waals surface area contributed by atoms with Gasteiger partial charge in [0.1, 0.15) is 5.78 Å². The Kier molecular flexibility index (Phi) is 5.87. The number of carbonyl (C=O) groups is 2. The first-order chi connectivity index (χ1) is 5.16. The molecule has 0 heterocycles. The zero-order valence-electron chi connectivity index (χ0n) is 6.29. The molecule has 0 aliphatic heterocycles. The standard InChI is InChI=1S/C6H11NO3S/c1-5(8)3-2-4-6(9)10-7-11/h7,11H,2-4H2,1H3. The quantitative estimate of drug-likeness (QED) is 0.478. The van der Waals surface area contributed by atoms with Crippen molar-refractivity contribution in [3.63, 3.8) is 0 Å². The van der Waals surface area contributed by atoms with E-state index in [1.165, 1.54) is 6.92 Å². The highest BCUT2D eigenvalue weighted by atomic mass is 32.1. The van der Waals surface area contributed by atoms with E-state index >= 15 is 0 Å². The lowest BCUT2D eigenvalue weighted by molar-refractivity contribution is -0.146. The van der Waals surface area contributed by atoms with Crippen molar-refractivity contribution in [1.82, 2.24) is 4.89 Å². The predicted octanol–water partition coefficient (Wildman–Crippen LogP) is 0.638. The van der Waals surface area contributed by atoms with Crippen molar-refractivity contribution < 1.29 is 14.4 Å². The van der Waals surface area contributed by atoms with Crippen LogP contribution in [0.4, 0.5) is 0 Å². The minimum absolute atomic E-state index is 0.0802. The van der Waals surface area contributed by atoms with Crippen molar-refractivity contribution in [2.45, 2.75) is 26.2 Å². The van der Waals surface area contributed by atoms with Gasteiger partial charge in [-0.1, -0.05) is 17.7 Å². The third kappa shape index (κ3) is 7.35. The molecule has 1 N–H and O–H groups in total. The summed E-state index contributed by atoms with van der Waals surface area (Å²) in [6.45, 7) is 1.49. The van der Waals surface area contributed by atoms with E-state index in [0.717, 1.165) is 0 Å². The van der Waals surface area contributed by atoms with Gasteiger partial charge in [-0.15, -0.1) is 0 Å². The third-order valence-electron chi connectivity index (χ3n) is 1.07. The van der Waals surface area contributed by atoms with Gasteiger partial charge in [-0.2, -0.15) is 0 Å². The minimum atomic E-state index is -0.402. The van der Waals surface area contributed by atoms with Crippen LogP contribution in [0.2, 0.25) is 0 Å². The zero-order chi connectivity index (χ0) is 8.69. The summed E-state index contributed by atoms with van der Waals surface area (Å²) < 4.78 is 0. The molecule has 0 rings (SSSR count). The van der Waals surface area contributed by atoms with E-state index in [9.17, 15) is 9.59 Å². The number of ketones is 1. The first kappa shape index (κ1) is 10.4. The van der Waals surface area contributed by atoms with Crippen LogP contribution in [0.25, 0.3) is 0 Å². The van der Waals surface area contributed by atoms with Gasteiger partial charge in [0.25, 0.3) is 0 Å². The van der Waals surface area contributed by atoms with Crippen molar-refractivity contribution in [2.75, 3.05) is 0 Å². The highest BCUT2D eigenvalue weighted by Crippen LogP contribution is 1.97. The lowest BCUT2D eigenvalue weighted by Gasteiger charge is -1.98. The maximum absolute atomic E-state index is 10.6. The molecule has 0 amide bonds. The second kappa shape index (κ2) is 6.18. The van der Waals surface area contributed by atoms with Crippen LogP contribution in [0.5, 0.6) is 0 Å². The molecule has 5 heteroatoms. The second-order valence-electron chi connectivity index (χ2n) is 2.12. The summed E-state index contributed by atoms with van der Waals surface area (Å²) in [5, 5.41) is 0. The monoisotopic (exact) mass is 177 g/mol. The molecular formula is C6H11NO3S. The largest absolute Gasteiger partial charge is 0.360 e. The van der Waals surface area contributed by atoms with Gasteiger partial charge in [-0.05, 0) is 13.3 Å². The first-order valence-electron chi connectivity index (χ1n) is 3.25. The van der Waals surface area contributed by atoms with Gasteiger partial charge in [0.2, 0.25) is 0 Å². The van der Waals surface area contributed by atoms with Crippen molar-refractivity contribution in [3.8, 4) is 0 Å². The number of Topliss-reactive ketones (excluding diaryl/α,β-unsaturated/α-hetero) is 1. The Morgan fingerprint density at radius 3 is 2.55 bits per heavy atom. The molecule has 0 saturated heterocycles. The fraction of sp³-hybridized carbons (Fsp3) is 0.667. The molecule has 4 nitrogen and oxygen atoms in total. The average molecular weight is 177 g/mol. The maximum Gasteiger partial charge on any atom is 0.325 e. The Hall–Kier alpha value is -0.550. The second-order valence-corrected chi connectivity index (χ2v) is 2.30. The highest BCUT2D eigenvalue weighted by Gasteiger charge is 2.02. The summed E-state index contributed by atoms with van der Waals surface area (Å²) >= 11 is 3.46. The molecule has 0 aliphatic carbocycles. The van der Waals surface area contributed by atoms with Gasteiger partial charge in [-0.25, -0.2) is 0 Å². The van der Waals surface area contributed by atoms with Crippen LogP contribution < -0.4 is 4.89 Å². The van der Waals surface area contributed by atoms with Crippen LogP contribution in [-0.4, -0.2) is 11.8 Å². The molecule has 0 aromatic carbocycles. The highest BCUT2D eigenvalue weighted by molar-refractivity contribution is 7.77. The summed E-state index contributed by atoms with van der Waals surface area (Å²) in [4.78, 5) is 27.2. The molecule has 64 valence electrons. The van der Waals surface area contributed by atoms with Crippen LogP contribution >= 0.6 is 12.8 Å². The molecule has 0 bridgehead atoms. The van der Waals surface area contributed by atoms with Gasteiger partial charge >= 0.3 is 5.97 Å². The molecule has 11 heavy (non-hydrogen) atoms. The number of carbonyl (C=O) groups excluding carboxylic acids is 2. The molecule has 0 unspecified atom stereocenters. The van der Waals surface area contributed by atoms with Gasteiger partial charge in [0.15, 0.2) is 0 Å². The van der Waals surface area contributed by atoms with Crippen LogP contribution in [0.3, 0.4) is 0 Å². The van der Waals surface area contributed by atoms with Crippen molar-refractivity contribution in [3.05, 3.63) is 0 Å². The number of hydrogen-bond donors (Lipinski definition) is 2. The Morgan fingerprint density at radius 1 is 1.45 bits per heavy atom. The van der Waals surface area contributed by atoms with Crippen molar-refractivity contribution in [2.24, 2.45) is 0 Å². The molecule has 0 aromatic heterocycles. The number of rotatable bonds is 5. The summed E-state index contributed by atoms with van der Waals surface area (Å²) in [7, 11) is 0. The van der Waals surface area contributed by atoms with E-state index < -0.39 is 5.97 Å². The maximum atomic E-state index is 10.6. The molecule has 0 aliphatic rings. The van der Waals surface area contributed by atoms with E-state index in [0.29, 0.717) is 12.8 Å². The van der Waals surface area contributed by atoms with Gasteiger partial charge in [0, 0.05) is 12.8 Å². The summed E-state index contributed by atoms with van der Waals surface area (Å²) in [5.74, 6) is -0.321. The number of nitrogens with one attached hydrogen (secondary N) is 1. The summed E-state index contributed by atoms with van der Waals surface area (Å²) in [6, 6.07) is 0. The van der Waals surface area contributed by atoms with Gasteiger partial charge in [0.05, 0.1) is 0 Å². The molecule has 0 atom stereocenters. The predicted molar refractivity (Wildman–Crippen MR) is 42.7 cm³/mol. The molecule has 0 radical (unpaired) electrons. The summed E-state index contributed by atoms with van der Waals surface area (Å²) in [6.07, 6.45) is 1.19. The van der Waals surface area contributed by atoms with Gasteiger partial charge < -0.3 is 9.63 Å². The van der Waals surface area contributed by atoms with Crippen LogP contribution in [0.1, 0.15) is 26.2 Å². The fourth-order valence-electron chi connectivity index (χ4n) is 0.584. The molecule has 0 fully saturated rings. The molecule has 0 spiro atoms. The number of thiol groups is 1. The Labute approximate surface area is 70.8 Å². The normalized spacial score (nSPS) is 9.27. The molecule has 0 aromatic rings. The summed E-state index contributed by atoms with van der Waals surface area (Å²) in [5.41, 5.74) is 0. The van der Waals surface area contributed by atoms with E-state index in [1.54, 1.807) is 0 Å². The van der Waals surface area contributed by atoms with E-state index in [1.807, 2.05) is 4.89 Å². The topological polar surface area (TPSA) is 55.4 Å². The third-order valence-corrected chi connectivity index (χ3v) is 1.16. The van der Waals surface area contributed by atoms with Crippen LogP contribution in [0, 0.1) is 0 Å². The van der Waals surface area contributed by atoms with E-state index in [2.05, 4.69) is 17.7 Å². The van der Waals surface area contributed by atoms with Crippen molar-refractivity contribution >= 4 is 24.6 Å². The lowest BCUT2D eigenvalue weighted by Crippen LogP contribution is -2.10. The molecular weight excluding hydrogens is 166 g/mol. The smallest absolute Gasteiger partial charge is 0.325 e. The van der Waals surface area contributed by atoms with E-state index in [4.69, 9.17) is 0 Å². The van der Waals surface area contributed by atoms with E-state index in [-0.39, 0.29) is 12.2 Å². The molecule has 0 saturated carbocycles. The fourth-order valence-corrected chi connectivity index (χ4v) is 0.685.